The minimum absolute atomic E-state index is 0.0161. The first-order valence-corrected chi connectivity index (χ1v) is 12.0. The Morgan fingerprint density at radius 2 is 2.00 bits per heavy atom. The fourth-order valence-corrected chi connectivity index (χ4v) is 4.21. The van der Waals surface area contributed by atoms with Crippen molar-refractivity contribution in [3.63, 3.8) is 0 Å². The Morgan fingerprint density at radius 3 is 2.66 bits per heavy atom. The highest BCUT2D eigenvalue weighted by atomic mass is 16.5. The summed E-state index contributed by atoms with van der Waals surface area (Å²) in [6.07, 6.45) is 3.80. The second-order valence-electron chi connectivity index (χ2n) is 9.23. The third-order valence-corrected chi connectivity index (χ3v) is 6.36. The van der Waals surface area contributed by atoms with Gasteiger partial charge in [0.15, 0.2) is 0 Å². The van der Waals surface area contributed by atoms with Crippen LogP contribution in [-0.4, -0.2) is 68.8 Å². The number of nitrogens with one attached hydrogen (secondary N) is 2. The van der Waals surface area contributed by atoms with Gasteiger partial charge in [0.2, 0.25) is 5.91 Å². The molecule has 0 radical (unpaired) electrons. The molecule has 1 saturated heterocycles. The van der Waals surface area contributed by atoms with E-state index in [4.69, 9.17) is 9.47 Å². The molecule has 0 spiro atoms. The zero-order valence-corrected chi connectivity index (χ0v) is 20.0. The molecule has 178 valence electrons. The number of ether oxygens (including phenoxy) is 2. The lowest BCUT2D eigenvalue weighted by Crippen LogP contribution is -2.45. The van der Waals surface area contributed by atoms with Gasteiger partial charge in [-0.25, -0.2) is 0 Å². The zero-order chi connectivity index (χ0) is 23.1. The van der Waals surface area contributed by atoms with Gasteiger partial charge in [-0.15, -0.1) is 0 Å². The number of carbonyl (C=O) groups excluding carboxylic acids is 2. The number of hydrogen-bond donors (Lipinski definition) is 2. The van der Waals surface area contributed by atoms with Crippen LogP contribution in [0.25, 0.3) is 0 Å². The largest absolute Gasteiger partial charge is 0.493 e. The van der Waals surface area contributed by atoms with Crippen molar-refractivity contribution in [3.8, 4) is 5.75 Å². The first kappa shape index (κ1) is 24.5. The van der Waals surface area contributed by atoms with Gasteiger partial charge in [-0.05, 0) is 50.8 Å². The van der Waals surface area contributed by atoms with Crippen molar-refractivity contribution >= 4 is 11.8 Å². The molecule has 1 aliphatic carbocycles. The molecule has 0 aromatic heterocycles. The average Bonchev–Trinajstić information content (AvgIpc) is 3.47. The second-order valence-corrected chi connectivity index (χ2v) is 9.23. The molecule has 1 aromatic rings. The quantitative estimate of drug-likeness (QED) is 0.484. The van der Waals surface area contributed by atoms with E-state index in [1.54, 1.807) is 7.11 Å². The molecule has 3 rings (SSSR count). The van der Waals surface area contributed by atoms with Gasteiger partial charge in [-0.1, -0.05) is 13.0 Å². The highest BCUT2D eigenvalue weighted by Crippen LogP contribution is 2.26. The van der Waals surface area contributed by atoms with E-state index in [-0.39, 0.29) is 29.7 Å². The molecule has 7 heteroatoms. The van der Waals surface area contributed by atoms with Crippen LogP contribution in [-0.2, 0) is 16.0 Å². The van der Waals surface area contributed by atoms with E-state index in [1.165, 1.54) is 0 Å². The van der Waals surface area contributed by atoms with Gasteiger partial charge in [-0.2, -0.15) is 0 Å². The fraction of sp³-hybridized carbons (Fsp3) is 0.680. The van der Waals surface area contributed by atoms with Gasteiger partial charge in [0.05, 0.1) is 12.5 Å². The van der Waals surface area contributed by atoms with Crippen molar-refractivity contribution in [1.82, 2.24) is 15.5 Å². The molecule has 2 atom stereocenters. The maximum Gasteiger partial charge on any atom is 0.254 e. The summed E-state index contributed by atoms with van der Waals surface area (Å²) in [5, 5.41) is 6.48. The molecule has 0 bridgehead atoms. The van der Waals surface area contributed by atoms with E-state index >= 15 is 0 Å². The van der Waals surface area contributed by atoms with Gasteiger partial charge in [0, 0.05) is 63.3 Å². The summed E-state index contributed by atoms with van der Waals surface area (Å²) in [4.78, 5) is 28.1. The molecule has 2 fully saturated rings. The second kappa shape index (κ2) is 11.7. The van der Waals surface area contributed by atoms with Gasteiger partial charge >= 0.3 is 0 Å². The molecular weight excluding hydrogens is 406 g/mol. The predicted octanol–water partition coefficient (Wildman–Crippen LogP) is 2.63. The maximum absolute atomic E-state index is 13.5. The first-order chi connectivity index (χ1) is 15.4. The number of hydrogen-bond acceptors (Lipinski definition) is 5. The monoisotopic (exact) mass is 445 g/mol. The summed E-state index contributed by atoms with van der Waals surface area (Å²) in [5.41, 5.74) is 1.72. The number of methoxy groups -OCH3 is 1. The van der Waals surface area contributed by atoms with Gasteiger partial charge in [-0.3, -0.25) is 9.59 Å². The van der Waals surface area contributed by atoms with Crippen LogP contribution in [0.5, 0.6) is 5.75 Å². The number of nitrogens with zero attached hydrogens (tertiary/aromatic N) is 1. The number of rotatable bonds is 12. The summed E-state index contributed by atoms with van der Waals surface area (Å²) in [5.74, 6) is 0.893. The minimum Gasteiger partial charge on any atom is -0.493 e. The summed E-state index contributed by atoms with van der Waals surface area (Å²) >= 11 is 0. The third kappa shape index (κ3) is 6.45. The molecule has 2 aliphatic rings. The normalized spacial score (nSPS) is 20.4. The standard InChI is InChI=1S/C25H39N3O4/c1-5-18-7-8-19(13-23(18)32-12-6-11-31-4)25(30)28(17(2)3)16-20-14-26-15-22(20)24(29)27-21-9-10-21/h7-8,13,17,20-22,26H,5-6,9-12,14-16H2,1-4H3,(H,27,29)/t20-,22+/m0/s1. The Hall–Kier alpha value is -2.12. The Labute approximate surface area is 192 Å². The van der Waals surface area contributed by atoms with Crippen molar-refractivity contribution in [2.24, 2.45) is 11.8 Å². The molecule has 0 unspecified atom stereocenters. The van der Waals surface area contributed by atoms with E-state index in [9.17, 15) is 9.59 Å². The van der Waals surface area contributed by atoms with Crippen LogP contribution in [0, 0.1) is 11.8 Å². The fourth-order valence-electron chi connectivity index (χ4n) is 4.21. The van der Waals surface area contributed by atoms with Crippen LogP contribution in [0.4, 0.5) is 0 Å². The Morgan fingerprint density at radius 1 is 1.22 bits per heavy atom. The van der Waals surface area contributed by atoms with Crippen LogP contribution < -0.4 is 15.4 Å². The van der Waals surface area contributed by atoms with Crippen LogP contribution >= 0.6 is 0 Å². The van der Waals surface area contributed by atoms with Crippen LogP contribution in [0.1, 0.15) is 56.0 Å². The van der Waals surface area contributed by atoms with Crippen molar-refractivity contribution in [1.29, 1.82) is 0 Å². The highest BCUT2D eigenvalue weighted by molar-refractivity contribution is 5.95. The minimum atomic E-state index is -0.0909. The van der Waals surface area contributed by atoms with Crippen molar-refractivity contribution in [3.05, 3.63) is 29.3 Å². The molecule has 1 heterocycles. The molecular formula is C25H39N3O4. The molecule has 7 nitrogen and oxygen atoms in total. The van der Waals surface area contributed by atoms with E-state index in [0.29, 0.717) is 37.9 Å². The summed E-state index contributed by atoms with van der Waals surface area (Å²) in [7, 11) is 1.68. The van der Waals surface area contributed by atoms with E-state index in [2.05, 4.69) is 17.6 Å². The molecule has 32 heavy (non-hydrogen) atoms. The van der Waals surface area contributed by atoms with Crippen molar-refractivity contribution < 1.29 is 19.1 Å². The SMILES string of the molecule is CCc1ccc(C(=O)N(C[C@@H]2CNC[C@H]2C(=O)NC2CC2)C(C)C)cc1OCCCOC. The summed E-state index contributed by atoms with van der Waals surface area (Å²) in [6.45, 7) is 9.33. The van der Waals surface area contributed by atoms with Gasteiger partial charge < -0.3 is 25.0 Å². The Balaban J connectivity index is 1.70. The lowest BCUT2D eigenvalue weighted by Gasteiger charge is -2.31. The summed E-state index contributed by atoms with van der Waals surface area (Å²) < 4.78 is 11.1. The average molecular weight is 446 g/mol. The smallest absolute Gasteiger partial charge is 0.254 e. The lowest BCUT2D eigenvalue weighted by molar-refractivity contribution is -0.125. The number of benzene rings is 1. The number of carbonyl (C=O) groups is 2. The number of aryl methyl sites for hydroxylation is 1. The predicted molar refractivity (Wildman–Crippen MR) is 125 cm³/mol. The van der Waals surface area contributed by atoms with Crippen LogP contribution in [0.3, 0.4) is 0 Å². The Kier molecular flexibility index (Phi) is 8.93. The zero-order valence-electron chi connectivity index (χ0n) is 20.0. The van der Waals surface area contributed by atoms with Gasteiger partial charge in [0.25, 0.3) is 5.91 Å². The van der Waals surface area contributed by atoms with E-state index in [0.717, 1.165) is 43.5 Å². The van der Waals surface area contributed by atoms with Gasteiger partial charge in [0.1, 0.15) is 5.75 Å². The van der Waals surface area contributed by atoms with Crippen LogP contribution in [0.15, 0.2) is 18.2 Å². The van der Waals surface area contributed by atoms with E-state index in [1.807, 2.05) is 36.9 Å². The summed E-state index contributed by atoms with van der Waals surface area (Å²) in [6, 6.07) is 6.13. The third-order valence-electron chi connectivity index (χ3n) is 6.36. The maximum atomic E-state index is 13.5. The highest BCUT2D eigenvalue weighted by Gasteiger charge is 2.37. The van der Waals surface area contributed by atoms with Crippen molar-refractivity contribution in [2.75, 3.05) is 40.0 Å². The molecule has 1 aliphatic heterocycles. The first-order valence-electron chi connectivity index (χ1n) is 12.0. The number of amides is 2. The Bertz CT molecular complexity index is 778. The lowest BCUT2D eigenvalue weighted by atomic mass is 9.93. The molecule has 1 saturated carbocycles. The topological polar surface area (TPSA) is 79.9 Å². The molecule has 1 aromatic carbocycles. The molecule has 2 amide bonds. The van der Waals surface area contributed by atoms with Crippen molar-refractivity contribution in [2.45, 2.75) is 58.5 Å². The van der Waals surface area contributed by atoms with Crippen LogP contribution in [0.2, 0.25) is 0 Å². The van der Waals surface area contributed by atoms with E-state index < -0.39 is 0 Å². The molecule has 2 N–H and O–H groups in total.